The first-order valence-corrected chi connectivity index (χ1v) is 14.7. The monoisotopic (exact) mass is 627 g/mol. The zero-order valence-corrected chi connectivity index (χ0v) is 23.8. The van der Waals surface area contributed by atoms with E-state index in [0.717, 1.165) is 59.6 Å². The molecule has 1 aromatic carbocycles. The van der Waals surface area contributed by atoms with Gasteiger partial charge in [0.1, 0.15) is 28.7 Å². The Hall–Kier alpha value is -3.70. The Morgan fingerprint density at radius 3 is 2.69 bits per heavy atom. The summed E-state index contributed by atoms with van der Waals surface area (Å²) >= 11 is -1.72. The van der Waals surface area contributed by atoms with Crippen LogP contribution in [0.3, 0.4) is 0 Å². The standard InChI is InChI=1S/C25H27F3N6O6S2/c1-39-23(36)18(11-15-10-14-4-6-30-21(29)16(14)12-19(15)40-25(26,27)28)33-9-5-17(22(33)35)34(42(37)38)20-13-31-24(41-20)32-7-2-3-8-32/h4,6,10,12-13,17-18H,2-3,5,7-9,11H2,1H3,(H2,29,30)(H,37,38)/p-1/t17-,18+/m0/s1. The SMILES string of the molecule is COC(=O)[C@@H](Cc1cc2ccnc(N)c2cc1OC(F)(F)F)N1CC[C@H](N(c2cnc(N3CCCC3)s2)S(=O)[O-])C1=O. The van der Waals surface area contributed by atoms with Crippen LogP contribution in [-0.4, -0.2) is 80.7 Å². The molecule has 0 saturated carbocycles. The number of carbonyl (C=O) groups excluding carboxylic acids is 2. The van der Waals surface area contributed by atoms with Crippen molar-refractivity contribution in [3.8, 4) is 5.75 Å². The van der Waals surface area contributed by atoms with Crippen LogP contribution >= 0.6 is 11.3 Å². The van der Waals surface area contributed by atoms with Gasteiger partial charge in [-0.15, -0.1) is 13.2 Å². The number of aromatic nitrogens is 2. The molecule has 0 bridgehead atoms. The molecule has 5 rings (SSSR count). The van der Waals surface area contributed by atoms with E-state index in [1.165, 1.54) is 24.5 Å². The highest BCUT2D eigenvalue weighted by Gasteiger charge is 2.44. The zero-order chi connectivity index (χ0) is 30.2. The average molecular weight is 628 g/mol. The number of hydrogen-bond acceptors (Lipinski definition) is 11. The Morgan fingerprint density at radius 1 is 1.29 bits per heavy atom. The van der Waals surface area contributed by atoms with Gasteiger partial charge in [-0.2, -0.15) is 0 Å². The zero-order valence-electron chi connectivity index (χ0n) is 22.2. The molecule has 17 heteroatoms. The van der Waals surface area contributed by atoms with Crippen LogP contribution in [0.25, 0.3) is 10.8 Å². The fourth-order valence-corrected chi connectivity index (χ4v) is 7.09. The van der Waals surface area contributed by atoms with Crippen LogP contribution in [-0.2, 0) is 32.0 Å². The van der Waals surface area contributed by atoms with E-state index in [1.54, 1.807) is 0 Å². The molecule has 12 nitrogen and oxygen atoms in total. The van der Waals surface area contributed by atoms with E-state index in [4.69, 9.17) is 10.5 Å². The number of benzene rings is 1. The van der Waals surface area contributed by atoms with Crippen molar-refractivity contribution in [3.63, 3.8) is 0 Å². The van der Waals surface area contributed by atoms with Gasteiger partial charge < -0.3 is 29.6 Å². The van der Waals surface area contributed by atoms with Crippen LogP contribution in [0.1, 0.15) is 24.8 Å². The molecule has 2 aliphatic heterocycles. The van der Waals surface area contributed by atoms with Gasteiger partial charge in [0.2, 0.25) is 5.91 Å². The number of nitrogen functional groups attached to an aromatic ring is 1. The van der Waals surface area contributed by atoms with Crippen LogP contribution in [0, 0.1) is 0 Å². The number of amides is 1. The van der Waals surface area contributed by atoms with Gasteiger partial charge in [0.05, 0.1) is 13.3 Å². The summed E-state index contributed by atoms with van der Waals surface area (Å²) in [4.78, 5) is 38.0. The van der Waals surface area contributed by atoms with Gasteiger partial charge >= 0.3 is 12.3 Å². The molecule has 2 aromatic heterocycles. The molecule has 3 atom stereocenters. The Kier molecular flexibility index (Phi) is 8.43. The lowest BCUT2D eigenvalue weighted by molar-refractivity contribution is -0.274. The van der Waals surface area contributed by atoms with Crippen LogP contribution in [0.15, 0.2) is 30.6 Å². The minimum absolute atomic E-state index is 0.0187. The maximum Gasteiger partial charge on any atom is 0.573 e. The quantitative estimate of drug-likeness (QED) is 0.277. The first-order valence-electron chi connectivity index (χ1n) is 12.9. The first-order chi connectivity index (χ1) is 20.0. The highest BCUT2D eigenvalue weighted by Crippen LogP contribution is 2.37. The molecular weight excluding hydrogens is 601 g/mol. The van der Waals surface area contributed by atoms with Gasteiger partial charge in [-0.3, -0.25) is 13.3 Å². The molecule has 1 amide bonds. The summed E-state index contributed by atoms with van der Waals surface area (Å²) in [5, 5.41) is 1.52. The minimum atomic E-state index is -5.06. The lowest BCUT2D eigenvalue weighted by Crippen LogP contribution is -2.49. The lowest BCUT2D eigenvalue weighted by atomic mass is 10.00. The third kappa shape index (κ3) is 6.07. The van der Waals surface area contributed by atoms with Crippen molar-refractivity contribution in [3.05, 3.63) is 36.2 Å². The summed E-state index contributed by atoms with van der Waals surface area (Å²) in [7, 11) is 1.09. The summed E-state index contributed by atoms with van der Waals surface area (Å²) in [6, 6.07) is 1.43. The maximum absolute atomic E-state index is 13.7. The predicted octanol–water partition coefficient (Wildman–Crippen LogP) is 2.76. The first kappa shape index (κ1) is 29.8. The number of halogens is 3. The summed E-state index contributed by atoms with van der Waals surface area (Å²) in [5.74, 6) is -2.22. The maximum atomic E-state index is 13.7. The molecule has 2 N–H and O–H groups in total. The topological polar surface area (TPSA) is 154 Å². The largest absolute Gasteiger partial charge is 0.755 e. The minimum Gasteiger partial charge on any atom is -0.755 e. The normalized spacial score (nSPS) is 18.9. The highest BCUT2D eigenvalue weighted by molar-refractivity contribution is 7.81. The average Bonchev–Trinajstić information content (AvgIpc) is 3.69. The van der Waals surface area contributed by atoms with E-state index < -0.39 is 53.8 Å². The van der Waals surface area contributed by atoms with Crippen molar-refractivity contribution in [2.45, 2.75) is 44.1 Å². The van der Waals surface area contributed by atoms with E-state index in [-0.39, 0.29) is 34.7 Å². The number of fused-ring (bicyclic) bond motifs is 1. The molecule has 2 saturated heterocycles. The Labute approximate surface area is 244 Å². The summed E-state index contributed by atoms with van der Waals surface area (Å²) in [6.45, 7) is 1.54. The number of carbonyl (C=O) groups is 2. The number of likely N-dealkylation sites (tertiary alicyclic amines) is 1. The summed E-state index contributed by atoms with van der Waals surface area (Å²) in [5.41, 5.74) is 5.80. The van der Waals surface area contributed by atoms with Crippen molar-refractivity contribution in [2.75, 3.05) is 41.7 Å². The van der Waals surface area contributed by atoms with E-state index in [0.29, 0.717) is 10.5 Å². The predicted molar refractivity (Wildman–Crippen MR) is 147 cm³/mol. The van der Waals surface area contributed by atoms with E-state index in [1.807, 2.05) is 4.90 Å². The van der Waals surface area contributed by atoms with Gasteiger partial charge in [-0.1, -0.05) is 11.3 Å². The Balaban J connectivity index is 1.45. The molecule has 2 aliphatic rings. The number of thiazole rings is 1. The number of esters is 1. The number of nitrogens with two attached hydrogens (primary N) is 1. The van der Waals surface area contributed by atoms with E-state index in [9.17, 15) is 31.5 Å². The molecule has 0 aliphatic carbocycles. The highest BCUT2D eigenvalue weighted by atomic mass is 32.2. The molecule has 42 heavy (non-hydrogen) atoms. The van der Waals surface area contributed by atoms with Crippen molar-refractivity contribution < 1.29 is 41.0 Å². The Bertz CT molecular complexity index is 1520. The number of ether oxygens (including phenoxy) is 2. The second kappa shape index (κ2) is 11.9. The summed E-state index contributed by atoms with van der Waals surface area (Å²) < 4.78 is 74.8. The molecular formula is C25H26F3N6O6S2-. The molecule has 3 aromatic rings. The van der Waals surface area contributed by atoms with E-state index >= 15 is 0 Å². The van der Waals surface area contributed by atoms with Crippen molar-refractivity contribution in [1.29, 1.82) is 0 Å². The summed E-state index contributed by atoms with van der Waals surface area (Å²) in [6.07, 6.45) is -0.681. The van der Waals surface area contributed by atoms with Crippen LogP contribution in [0.5, 0.6) is 5.75 Å². The smallest absolute Gasteiger partial charge is 0.573 e. The van der Waals surface area contributed by atoms with Crippen molar-refractivity contribution in [1.82, 2.24) is 14.9 Å². The number of alkyl halides is 3. The van der Waals surface area contributed by atoms with Crippen molar-refractivity contribution >= 4 is 61.2 Å². The molecule has 0 spiro atoms. The second-order valence-corrected chi connectivity index (χ2v) is 11.5. The number of rotatable bonds is 9. The number of pyridine rings is 1. The number of methoxy groups -OCH3 is 1. The van der Waals surface area contributed by atoms with Gasteiger partial charge in [0.15, 0.2) is 5.13 Å². The van der Waals surface area contributed by atoms with Crippen molar-refractivity contribution in [2.24, 2.45) is 0 Å². The fraction of sp³-hybridized carbons (Fsp3) is 0.440. The fourth-order valence-electron chi connectivity index (χ4n) is 5.27. The van der Waals surface area contributed by atoms with Gasteiger partial charge in [0.25, 0.3) is 0 Å². The number of hydrogen-bond donors (Lipinski definition) is 1. The van der Waals surface area contributed by atoms with Crippen LogP contribution in [0.2, 0.25) is 0 Å². The third-order valence-electron chi connectivity index (χ3n) is 7.20. The van der Waals surface area contributed by atoms with Gasteiger partial charge in [0, 0.05) is 48.9 Å². The van der Waals surface area contributed by atoms with Gasteiger partial charge in [-0.05, 0) is 48.4 Å². The van der Waals surface area contributed by atoms with Gasteiger partial charge in [-0.25, -0.2) is 14.8 Å². The second-order valence-electron chi connectivity index (χ2n) is 9.72. The number of anilines is 3. The third-order valence-corrected chi connectivity index (χ3v) is 9.14. The molecule has 1 unspecified atom stereocenters. The lowest BCUT2D eigenvalue weighted by Gasteiger charge is -2.31. The number of nitrogens with zero attached hydrogens (tertiary/aromatic N) is 5. The molecule has 2 fully saturated rings. The van der Waals surface area contributed by atoms with Crippen LogP contribution in [0.4, 0.5) is 29.1 Å². The van der Waals surface area contributed by atoms with Crippen LogP contribution < -0.4 is 19.7 Å². The molecule has 226 valence electrons. The molecule has 4 heterocycles. The van der Waals surface area contributed by atoms with E-state index in [2.05, 4.69) is 14.7 Å². The molecule has 0 radical (unpaired) electrons. The Morgan fingerprint density at radius 2 is 2.02 bits per heavy atom.